The smallest absolute Gasteiger partial charge is 0.328 e. The van der Waals surface area contributed by atoms with Crippen molar-refractivity contribution in [2.45, 2.75) is 30.0 Å². The van der Waals surface area contributed by atoms with Gasteiger partial charge in [-0.3, -0.25) is 4.68 Å². The van der Waals surface area contributed by atoms with Crippen molar-refractivity contribution >= 4 is 56.2 Å². The van der Waals surface area contributed by atoms with Crippen LogP contribution in [0.4, 0.5) is 4.79 Å². The third-order valence-electron chi connectivity index (χ3n) is 5.04. The van der Waals surface area contributed by atoms with Crippen molar-refractivity contribution in [3.63, 3.8) is 0 Å². The zero-order valence-corrected chi connectivity index (χ0v) is 20.0. The number of carbonyl (C=O) groups excluding carboxylic acids is 1. The average molecular weight is 511 g/mol. The van der Waals surface area contributed by atoms with Crippen LogP contribution in [-0.2, 0) is 23.0 Å². The van der Waals surface area contributed by atoms with E-state index in [0.29, 0.717) is 16.6 Å². The van der Waals surface area contributed by atoms with Crippen LogP contribution in [0.3, 0.4) is 0 Å². The fourth-order valence-corrected chi connectivity index (χ4v) is 5.98. The molecular weight excluding hydrogens is 491 g/mol. The Morgan fingerprint density at radius 3 is 2.84 bits per heavy atom. The highest BCUT2D eigenvalue weighted by Gasteiger charge is 2.21. The van der Waals surface area contributed by atoms with Crippen LogP contribution < -0.4 is 10.0 Å². The first-order valence-electron chi connectivity index (χ1n) is 9.85. The molecule has 0 saturated heterocycles. The number of sulfonamides is 1. The standard InChI is InChI=1S/C21H20Cl2N4O3S2/c22-17-7-6-16(18(23)11-17)13-27-20-14(3-1-4-15(20)12-25-27)8-9-24-21(28)26-32(29,30)19-5-2-10-31-19/h2,5-8,10-12H,1,3-4,9,13H2,(H2,24,26,28)/b14-8+. The summed E-state index contributed by atoms with van der Waals surface area (Å²) >= 11 is 13.4. The number of hydrogen-bond acceptors (Lipinski definition) is 5. The minimum Gasteiger partial charge on any atom is -0.334 e. The lowest BCUT2D eigenvalue weighted by molar-refractivity contribution is 0.247. The highest BCUT2D eigenvalue weighted by Crippen LogP contribution is 2.31. The van der Waals surface area contributed by atoms with Crippen molar-refractivity contribution in [2.24, 2.45) is 0 Å². The first kappa shape index (κ1) is 22.8. The van der Waals surface area contributed by atoms with Gasteiger partial charge in [-0.05, 0) is 59.5 Å². The molecule has 0 radical (unpaired) electrons. The number of allylic oxidation sites excluding steroid dienone is 1. The largest absolute Gasteiger partial charge is 0.334 e. The molecule has 2 N–H and O–H groups in total. The average Bonchev–Trinajstić information content (AvgIpc) is 3.41. The van der Waals surface area contributed by atoms with Gasteiger partial charge in [-0.1, -0.05) is 41.4 Å². The lowest BCUT2D eigenvalue weighted by atomic mass is 9.92. The maximum absolute atomic E-state index is 12.2. The van der Waals surface area contributed by atoms with Gasteiger partial charge in [0.05, 0.1) is 18.4 Å². The van der Waals surface area contributed by atoms with E-state index in [1.54, 1.807) is 23.6 Å². The molecular formula is C21H20Cl2N4O3S2. The summed E-state index contributed by atoms with van der Waals surface area (Å²) in [7, 11) is -3.86. The molecule has 2 heterocycles. The lowest BCUT2D eigenvalue weighted by Gasteiger charge is -2.18. The van der Waals surface area contributed by atoms with Crippen molar-refractivity contribution in [2.75, 3.05) is 6.54 Å². The monoisotopic (exact) mass is 510 g/mol. The van der Waals surface area contributed by atoms with Gasteiger partial charge >= 0.3 is 6.03 Å². The molecule has 2 amide bonds. The highest BCUT2D eigenvalue weighted by atomic mass is 35.5. The van der Waals surface area contributed by atoms with Crippen LogP contribution in [0.5, 0.6) is 0 Å². The molecule has 1 aliphatic rings. The number of urea groups is 1. The van der Waals surface area contributed by atoms with Gasteiger partial charge in [-0.15, -0.1) is 11.3 Å². The second kappa shape index (κ2) is 9.66. The Hall–Kier alpha value is -2.33. The summed E-state index contributed by atoms with van der Waals surface area (Å²) in [6.07, 6.45) is 6.50. The van der Waals surface area contributed by atoms with Gasteiger partial charge in [0.2, 0.25) is 0 Å². The summed E-state index contributed by atoms with van der Waals surface area (Å²) < 4.78 is 28.3. The minimum absolute atomic E-state index is 0.0905. The van der Waals surface area contributed by atoms with E-state index in [9.17, 15) is 13.2 Å². The van der Waals surface area contributed by atoms with Crippen LogP contribution in [0, 0.1) is 0 Å². The number of carbonyl (C=O) groups is 1. The Morgan fingerprint density at radius 1 is 1.25 bits per heavy atom. The molecule has 0 saturated carbocycles. The van der Waals surface area contributed by atoms with Crippen molar-refractivity contribution in [3.05, 3.63) is 74.9 Å². The fourth-order valence-electron chi connectivity index (χ4n) is 3.59. The number of nitrogens with one attached hydrogen (secondary N) is 2. The number of benzene rings is 1. The van der Waals surface area contributed by atoms with Crippen LogP contribution in [0.1, 0.15) is 29.7 Å². The van der Waals surface area contributed by atoms with Crippen LogP contribution in [0.15, 0.2) is 52.2 Å². The molecule has 11 heteroatoms. The molecule has 0 spiro atoms. The summed E-state index contributed by atoms with van der Waals surface area (Å²) in [6, 6.07) is 7.67. The van der Waals surface area contributed by atoms with E-state index in [-0.39, 0.29) is 10.8 Å². The summed E-state index contributed by atoms with van der Waals surface area (Å²) in [5.74, 6) is 0. The van der Waals surface area contributed by atoms with Crippen LogP contribution in [-0.4, -0.2) is 30.8 Å². The Bertz CT molecular complexity index is 1270. The normalized spacial score (nSPS) is 14.9. The first-order chi connectivity index (χ1) is 15.3. The van der Waals surface area contributed by atoms with Gasteiger partial charge in [0, 0.05) is 16.6 Å². The van der Waals surface area contributed by atoms with Crippen LogP contribution >= 0.6 is 34.5 Å². The Morgan fingerprint density at radius 2 is 2.09 bits per heavy atom. The number of aromatic nitrogens is 2. The molecule has 168 valence electrons. The fraction of sp³-hybridized carbons (Fsp3) is 0.238. The molecule has 7 nitrogen and oxygen atoms in total. The SMILES string of the molecule is O=C(NC/C=C1\CCCc2cnn(Cc3ccc(Cl)cc3Cl)c21)NS(=O)(=O)c1cccs1. The number of amides is 2. The van der Waals surface area contributed by atoms with Crippen LogP contribution in [0.25, 0.3) is 5.57 Å². The van der Waals surface area contributed by atoms with Gasteiger partial charge < -0.3 is 5.32 Å². The number of nitrogens with zero attached hydrogens (tertiary/aromatic N) is 2. The first-order valence-corrected chi connectivity index (χ1v) is 13.0. The number of fused-ring (bicyclic) bond motifs is 1. The predicted octanol–water partition coefficient (Wildman–Crippen LogP) is 4.71. The van der Waals surface area contributed by atoms with Gasteiger partial charge in [-0.2, -0.15) is 5.10 Å². The van der Waals surface area contributed by atoms with E-state index in [0.717, 1.165) is 53.0 Å². The molecule has 1 aliphatic carbocycles. The van der Waals surface area contributed by atoms with Crippen molar-refractivity contribution in [1.29, 1.82) is 0 Å². The molecule has 32 heavy (non-hydrogen) atoms. The zero-order valence-electron chi connectivity index (χ0n) is 16.8. The minimum atomic E-state index is -3.86. The van der Waals surface area contributed by atoms with E-state index in [2.05, 4.69) is 10.4 Å². The Balaban J connectivity index is 1.46. The molecule has 2 aromatic heterocycles. The van der Waals surface area contributed by atoms with Crippen molar-refractivity contribution < 1.29 is 13.2 Å². The summed E-state index contributed by atoms with van der Waals surface area (Å²) in [4.78, 5) is 12.1. The number of hydrogen-bond donors (Lipinski definition) is 2. The van der Waals surface area contributed by atoms with Crippen LogP contribution in [0.2, 0.25) is 10.0 Å². The topological polar surface area (TPSA) is 93.1 Å². The summed E-state index contributed by atoms with van der Waals surface area (Å²) in [5.41, 5.74) is 4.10. The van der Waals surface area contributed by atoms with E-state index in [4.69, 9.17) is 23.2 Å². The molecule has 3 aromatic rings. The molecule has 0 bridgehead atoms. The molecule has 0 fully saturated rings. The van der Waals surface area contributed by atoms with Gasteiger partial charge in [-0.25, -0.2) is 17.9 Å². The third-order valence-corrected chi connectivity index (χ3v) is 8.36. The van der Waals surface area contributed by atoms with Gasteiger partial charge in [0.15, 0.2) is 0 Å². The van der Waals surface area contributed by atoms with E-state index in [1.807, 2.05) is 27.7 Å². The maximum Gasteiger partial charge on any atom is 0.328 e. The number of thiophene rings is 1. The third kappa shape index (κ3) is 5.17. The molecule has 0 unspecified atom stereocenters. The Kier molecular flexibility index (Phi) is 6.90. The number of rotatable bonds is 6. The summed E-state index contributed by atoms with van der Waals surface area (Å²) in [6.45, 7) is 0.684. The van der Waals surface area contributed by atoms with Crippen molar-refractivity contribution in [3.8, 4) is 0 Å². The van der Waals surface area contributed by atoms with Gasteiger partial charge in [0.25, 0.3) is 10.0 Å². The molecule has 4 rings (SSSR count). The zero-order chi connectivity index (χ0) is 22.7. The van der Waals surface area contributed by atoms with E-state index >= 15 is 0 Å². The molecule has 1 aromatic carbocycles. The predicted molar refractivity (Wildman–Crippen MR) is 127 cm³/mol. The quantitative estimate of drug-likeness (QED) is 0.502. The van der Waals surface area contributed by atoms with E-state index < -0.39 is 16.1 Å². The second-order valence-electron chi connectivity index (χ2n) is 7.24. The maximum atomic E-state index is 12.2. The second-order valence-corrected chi connectivity index (χ2v) is 10.9. The van der Waals surface area contributed by atoms with E-state index in [1.165, 1.54) is 6.07 Å². The molecule has 0 aliphatic heterocycles. The lowest BCUT2D eigenvalue weighted by Crippen LogP contribution is -2.39. The molecule has 0 atom stereocenters. The highest BCUT2D eigenvalue weighted by molar-refractivity contribution is 7.92. The number of aryl methyl sites for hydroxylation is 1. The Labute approximate surface area is 200 Å². The number of halogens is 2. The van der Waals surface area contributed by atoms with Gasteiger partial charge in [0.1, 0.15) is 4.21 Å². The van der Waals surface area contributed by atoms with Crippen molar-refractivity contribution in [1.82, 2.24) is 19.8 Å². The summed E-state index contributed by atoms with van der Waals surface area (Å²) in [5, 5.41) is 9.91.